The molecule has 0 aromatic carbocycles. The molecule has 0 N–H and O–H groups in total. The van der Waals surface area contributed by atoms with Crippen molar-refractivity contribution in [3.8, 4) is 0 Å². The van der Waals surface area contributed by atoms with Crippen LogP contribution in [0.4, 0.5) is 0 Å². The molecule has 3 rings (SSSR count). The molecule has 0 aromatic heterocycles. The van der Waals surface area contributed by atoms with E-state index in [0.717, 1.165) is 29.7 Å². The van der Waals surface area contributed by atoms with Crippen LogP contribution >= 0.6 is 0 Å². The molecule has 3 unspecified atom stereocenters. The standard InChI is InChI=1S/C15H24O/c1-10(11(2)16)5-6-12-7-8-13-9-14(12)15(13,3)4/h5,12-14H,6-9H2,1-4H3. The maximum Gasteiger partial charge on any atom is 0.155 e. The summed E-state index contributed by atoms with van der Waals surface area (Å²) in [6, 6.07) is 0. The molecular weight excluding hydrogens is 196 g/mol. The zero-order valence-corrected chi connectivity index (χ0v) is 11.0. The Balaban J connectivity index is 1.97. The highest BCUT2D eigenvalue weighted by molar-refractivity contribution is 5.92. The first-order valence-corrected chi connectivity index (χ1v) is 6.60. The molecule has 3 aliphatic rings. The number of carbonyl (C=O) groups is 1. The van der Waals surface area contributed by atoms with Crippen LogP contribution in [0.2, 0.25) is 0 Å². The molecule has 16 heavy (non-hydrogen) atoms. The van der Waals surface area contributed by atoms with Gasteiger partial charge in [0, 0.05) is 0 Å². The van der Waals surface area contributed by atoms with Crippen LogP contribution in [0.1, 0.15) is 53.4 Å². The molecule has 1 nitrogen and oxygen atoms in total. The Bertz CT molecular complexity index is 322. The van der Waals surface area contributed by atoms with Crippen molar-refractivity contribution in [1.29, 1.82) is 0 Å². The molecule has 3 atom stereocenters. The van der Waals surface area contributed by atoms with Crippen molar-refractivity contribution in [2.75, 3.05) is 0 Å². The predicted octanol–water partition coefficient (Wildman–Crippen LogP) is 3.98. The highest BCUT2D eigenvalue weighted by atomic mass is 16.1. The van der Waals surface area contributed by atoms with Gasteiger partial charge in [0.15, 0.2) is 5.78 Å². The van der Waals surface area contributed by atoms with Crippen LogP contribution in [0.25, 0.3) is 0 Å². The van der Waals surface area contributed by atoms with E-state index in [2.05, 4.69) is 19.9 Å². The number of allylic oxidation sites excluding steroid dienone is 2. The molecule has 0 heterocycles. The number of Topliss-reactive ketones (excluding diaryl/α,β-unsaturated/α-hetero) is 1. The number of ketones is 1. The smallest absolute Gasteiger partial charge is 0.155 e. The average Bonchev–Trinajstić information content (AvgIpc) is 2.25. The molecule has 0 aromatic rings. The van der Waals surface area contributed by atoms with E-state index in [1.165, 1.54) is 19.3 Å². The van der Waals surface area contributed by atoms with E-state index in [0.29, 0.717) is 5.41 Å². The maximum atomic E-state index is 11.2. The van der Waals surface area contributed by atoms with E-state index in [4.69, 9.17) is 0 Å². The lowest BCUT2D eigenvalue weighted by Gasteiger charge is -2.60. The minimum absolute atomic E-state index is 0.224. The van der Waals surface area contributed by atoms with Crippen molar-refractivity contribution >= 4 is 5.78 Å². The first-order valence-electron chi connectivity index (χ1n) is 6.60. The van der Waals surface area contributed by atoms with Crippen molar-refractivity contribution in [3.05, 3.63) is 11.6 Å². The number of fused-ring (bicyclic) bond motifs is 2. The Morgan fingerprint density at radius 3 is 2.50 bits per heavy atom. The van der Waals surface area contributed by atoms with Gasteiger partial charge >= 0.3 is 0 Å². The van der Waals surface area contributed by atoms with Gasteiger partial charge in [-0.25, -0.2) is 0 Å². The van der Waals surface area contributed by atoms with Crippen LogP contribution in [0.15, 0.2) is 11.6 Å². The second-order valence-electron chi connectivity index (χ2n) is 6.38. The molecule has 3 fully saturated rings. The van der Waals surface area contributed by atoms with Gasteiger partial charge in [-0.1, -0.05) is 19.9 Å². The van der Waals surface area contributed by atoms with E-state index in [9.17, 15) is 4.79 Å². The lowest BCUT2D eigenvalue weighted by Crippen LogP contribution is -2.52. The fraction of sp³-hybridized carbons (Fsp3) is 0.800. The second-order valence-corrected chi connectivity index (χ2v) is 6.38. The minimum atomic E-state index is 0.224. The largest absolute Gasteiger partial charge is 0.295 e. The Morgan fingerprint density at radius 1 is 1.31 bits per heavy atom. The first-order chi connectivity index (χ1) is 7.43. The summed E-state index contributed by atoms with van der Waals surface area (Å²) < 4.78 is 0. The van der Waals surface area contributed by atoms with E-state index in [1.807, 2.05) is 6.92 Å². The van der Waals surface area contributed by atoms with E-state index >= 15 is 0 Å². The third kappa shape index (κ3) is 1.85. The molecule has 0 spiro atoms. The average molecular weight is 220 g/mol. The predicted molar refractivity (Wildman–Crippen MR) is 67.2 cm³/mol. The lowest BCUT2D eigenvalue weighted by molar-refractivity contribution is -0.113. The van der Waals surface area contributed by atoms with Crippen LogP contribution in [0.5, 0.6) is 0 Å². The Labute approximate surface area is 99.3 Å². The van der Waals surface area contributed by atoms with Crippen LogP contribution in [0, 0.1) is 23.2 Å². The monoisotopic (exact) mass is 220 g/mol. The van der Waals surface area contributed by atoms with Crippen LogP contribution in [0.3, 0.4) is 0 Å². The topological polar surface area (TPSA) is 17.1 Å². The Morgan fingerprint density at radius 2 is 2.00 bits per heavy atom. The number of carbonyl (C=O) groups excluding carboxylic acids is 1. The SMILES string of the molecule is CC(=O)C(C)=CCC1CCC2CC1C2(C)C. The molecule has 0 amide bonds. The number of hydrogen-bond donors (Lipinski definition) is 0. The van der Waals surface area contributed by atoms with Gasteiger partial charge in [-0.3, -0.25) is 4.79 Å². The molecule has 90 valence electrons. The highest BCUT2D eigenvalue weighted by Gasteiger charge is 2.53. The van der Waals surface area contributed by atoms with Gasteiger partial charge in [0.2, 0.25) is 0 Å². The summed E-state index contributed by atoms with van der Waals surface area (Å²) in [6.45, 7) is 8.47. The summed E-state index contributed by atoms with van der Waals surface area (Å²) in [6.07, 6.45) is 7.50. The molecule has 0 radical (unpaired) electrons. The van der Waals surface area contributed by atoms with Crippen molar-refractivity contribution in [2.45, 2.75) is 53.4 Å². The van der Waals surface area contributed by atoms with Gasteiger partial charge in [-0.15, -0.1) is 0 Å². The summed E-state index contributed by atoms with van der Waals surface area (Å²) in [7, 11) is 0. The number of hydrogen-bond acceptors (Lipinski definition) is 1. The lowest BCUT2D eigenvalue weighted by atomic mass is 9.45. The molecule has 3 aliphatic carbocycles. The molecule has 3 saturated carbocycles. The fourth-order valence-corrected chi connectivity index (χ4v) is 3.72. The maximum absolute atomic E-state index is 11.2. The van der Waals surface area contributed by atoms with Gasteiger partial charge in [-0.2, -0.15) is 0 Å². The van der Waals surface area contributed by atoms with E-state index in [-0.39, 0.29) is 5.78 Å². The minimum Gasteiger partial charge on any atom is -0.295 e. The molecular formula is C15H24O. The molecule has 0 saturated heterocycles. The van der Waals surface area contributed by atoms with Gasteiger partial charge < -0.3 is 0 Å². The van der Waals surface area contributed by atoms with Gasteiger partial charge in [-0.05, 0) is 68.3 Å². The van der Waals surface area contributed by atoms with Crippen LogP contribution in [-0.2, 0) is 4.79 Å². The summed E-state index contributed by atoms with van der Waals surface area (Å²) in [5.41, 5.74) is 1.51. The van der Waals surface area contributed by atoms with Crippen molar-refractivity contribution in [1.82, 2.24) is 0 Å². The van der Waals surface area contributed by atoms with Crippen molar-refractivity contribution < 1.29 is 4.79 Å². The third-order valence-electron chi connectivity index (χ3n) is 5.28. The third-order valence-corrected chi connectivity index (χ3v) is 5.28. The normalized spacial score (nSPS) is 36.8. The van der Waals surface area contributed by atoms with Crippen molar-refractivity contribution in [3.63, 3.8) is 0 Å². The Kier molecular flexibility index (Phi) is 2.98. The Hall–Kier alpha value is -0.590. The fourth-order valence-electron chi connectivity index (χ4n) is 3.72. The van der Waals surface area contributed by atoms with Crippen molar-refractivity contribution in [2.24, 2.45) is 23.2 Å². The van der Waals surface area contributed by atoms with Gasteiger partial charge in [0.05, 0.1) is 0 Å². The highest BCUT2D eigenvalue weighted by Crippen LogP contribution is 2.62. The zero-order chi connectivity index (χ0) is 11.9. The van der Waals surface area contributed by atoms with E-state index < -0.39 is 0 Å². The zero-order valence-electron chi connectivity index (χ0n) is 11.0. The van der Waals surface area contributed by atoms with Gasteiger partial charge in [0.1, 0.15) is 0 Å². The van der Waals surface area contributed by atoms with E-state index in [1.54, 1.807) is 6.92 Å². The molecule has 1 heteroatoms. The number of rotatable bonds is 3. The second kappa shape index (κ2) is 4.01. The van der Waals surface area contributed by atoms with Crippen LogP contribution < -0.4 is 0 Å². The first kappa shape index (κ1) is 11.9. The van der Waals surface area contributed by atoms with Gasteiger partial charge in [0.25, 0.3) is 0 Å². The summed E-state index contributed by atoms with van der Waals surface area (Å²) in [5.74, 6) is 2.93. The molecule has 2 bridgehead atoms. The summed E-state index contributed by atoms with van der Waals surface area (Å²) >= 11 is 0. The van der Waals surface area contributed by atoms with Crippen LogP contribution in [-0.4, -0.2) is 5.78 Å². The molecule has 0 aliphatic heterocycles. The summed E-state index contributed by atoms with van der Waals surface area (Å²) in [5, 5.41) is 0. The summed E-state index contributed by atoms with van der Waals surface area (Å²) in [4.78, 5) is 11.2. The quantitative estimate of drug-likeness (QED) is 0.657.